The first kappa shape index (κ1) is 4.82. The van der Waals surface area contributed by atoms with Gasteiger partial charge in [0, 0.05) is 0 Å². The molecule has 0 atom stereocenters. The van der Waals surface area contributed by atoms with Crippen LogP contribution in [0.1, 0.15) is 19.3 Å². The van der Waals surface area contributed by atoms with E-state index in [4.69, 9.17) is 0 Å². The third kappa shape index (κ3) is 1.02. The van der Waals surface area contributed by atoms with E-state index in [0.717, 1.165) is 0 Å². The quantitative estimate of drug-likeness (QED) is 0.474. The topological polar surface area (TPSA) is 0 Å². The van der Waals surface area contributed by atoms with Crippen LogP contribution in [-0.2, 0) is 0 Å². The summed E-state index contributed by atoms with van der Waals surface area (Å²) in [5.41, 5.74) is 0. The van der Waals surface area contributed by atoms with Crippen molar-refractivity contribution < 1.29 is 4.39 Å². The van der Waals surface area contributed by atoms with Gasteiger partial charge in [-0.1, -0.05) is 12.5 Å². The number of hydrogen-bond acceptors (Lipinski definition) is 0. The fourth-order valence-electron chi connectivity index (χ4n) is 0.735. The van der Waals surface area contributed by atoms with Gasteiger partial charge in [-0.2, -0.15) is 0 Å². The first-order valence-corrected chi connectivity index (χ1v) is 2.70. The number of halogens is 1. The summed E-state index contributed by atoms with van der Waals surface area (Å²) < 4.78 is 11.3. The van der Waals surface area contributed by atoms with Crippen molar-refractivity contribution in [2.24, 2.45) is 5.92 Å². The average Bonchev–Trinajstić information content (AvgIpc) is 1.55. The Morgan fingerprint density at radius 3 is 2.29 bits per heavy atom. The molecule has 1 aliphatic rings. The molecule has 7 heavy (non-hydrogen) atoms. The average molecular weight is 100 g/mol. The maximum atomic E-state index is 11.3. The summed E-state index contributed by atoms with van der Waals surface area (Å²) in [7, 11) is 0. The largest absolute Gasteiger partial charge is 0.216 e. The van der Waals surface area contributed by atoms with Crippen molar-refractivity contribution in [1.82, 2.24) is 0 Å². The Bertz CT molecular complexity index is 72.2. The first-order valence-electron chi connectivity index (χ1n) is 2.70. The molecule has 0 radical (unpaired) electrons. The van der Waals surface area contributed by atoms with Crippen LogP contribution in [0, 0.1) is 5.92 Å². The highest BCUT2D eigenvalue weighted by atomic mass is 19.1. The van der Waals surface area contributed by atoms with Crippen LogP contribution in [0.3, 0.4) is 0 Å². The van der Waals surface area contributed by atoms with Crippen molar-refractivity contribution in [2.75, 3.05) is 0 Å². The smallest absolute Gasteiger partial charge is 0.0829 e. The van der Waals surface area contributed by atoms with Crippen molar-refractivity contribution in [1.29, 1.82) is 0 Å². The molecule has 1 heteroatoms. The third-order valence-corrected chi connectivity index (χ3v) is 1.49. The summed E-state index contributed by atoms with van der Waals surface area (Å²) in [5, 5.41) is 0. The zero-order chi connectivity index (χ0) is 5.11. The van der Waals surface area contributed by atoms with Crippen LogP contribution >= 0.6 is 0 Å². The highest BCUT2D eigenvalue weighted by Crippen LogP contribution is 2.27. The van der Waals surface area contributed by atoms with E-state index in [2.05, 4.69) is 0 Å². The minimum Gasteiger partial charge on any atom is -0.216 e. The van der Waals surface area contributed by atoms with Crippen LogP contribution in [0.2, 0.25) is 0 Å². The lowest BCUT2D eigenvalue weighted by Crippen LogP contribution is -2.06. The molecule has 0 unspecified atom stereocenters. The number of rotatable bonds is 1. The van der Waals surface area contributed by atoms with Gasteiger partial charge in [0.05, 0.1) is 6.33 Å². The molecule has 0 aliphatic heterocycles. The summed E-state index contributed by atoms with van der Waals surface area (Å²) in [6, 6.07) is 0. The van der Waals surface area contributed by atoms with Gasteiger partial charge in [-0.05, 0) is 18.8 Å². The molecule has 0 N–H and O–H groups in total. The molecule has 0 aromatic carbocycles. The van der Waals surface area contributed by atoms with E-state index in [1.165, 1.54) is 19.3 Å². The van der Waals surface area contributed by atoms with Crippen molar-refractivity contribution in [3.05, 3.63) is 12.4 Å². The highest BCUT2D eigenvalue weighted by Gasteiger charge is 2.12. The van der Waals surface area contributed by atoms with Crippen molar-refractivity contribution in [3.63, 3.8) is 0 Å². The SMILES string of the molecule is F/C=C/C1CCC1. The zero-order valence-corrected chi connectivity index (χ0v) is 4.23. The number of allylic oxidation sites excluding steroid dienone is 1. The second kappa shape index (κ2) is 2.10. The zero-order valence-electron chi connectivity index (χ0n) is 4.23. The molecule has 0 spiro atoms. The Hall–Kier alpha value is -0.330. The molecule has 1 saturated carbocycles. The summed E-state index contributed by atoms with van der Waals surface area (Å²) in [4.78, 5) is 0. The molecule has 0 aromatic heterocycles. The van der Waals surface area contributed by atoms with Crippen LogP contribution in [0.4, 0.5) is 4.39 Å². The van der Waals surface area contributed by atoms with Gasteiger partial charge in [0.15, 0.2) is 0 Å². The fourth-order valence-corrected chi connectivity index (χ4v) is 0.735. The van der Waals surface area contributed by atoms with Crippen LogP contribution in [-0.4, -0.2) is 0 Å². The van der Waals surface area contributed by atoms with E-state index < -0.39 is 0 Å². The van der Waals surface area contributed by atoms with Gasteiger partial charge in [-0.15, -0.1) is 0 Å². The monoisotopic (exact) mass is 100 g/mol. The molecule has 0 aromatic rings. The Morgan fingerprint density at radius 1 is 1.43 bits per heavy atom. The van der Waals surface area contributed by atoms with E-state index in [9.17, 15) is 4.39 Å². The molecule has 0 saturated heterocycles. The molecule has 0 amide bonds. The van der Waals surface area contributed by atoms with Crippen molar-refractivity contribution in [2.45, 2.75) is 19.3 Å². The Labute approximate surface area is 43.0 Å². The van der Waals surface area contributed by atoms with Gasteiger partial charge in [0.25, 0.3) is 0 Å². The number of hydrogen-bond donors (Lipinski definition) is 0. The van der Waals surface area contributed by atoms with E-state index in [1.54, 1.807) is 6.08 Å². The van der Waals surface area contributed by atoms with E-state index >= 15 is 0 Å². The normalized spacial score (nSPS) is 23.0. The van der Waals surface area contributed by atoms with Crippen LogP contribution in [0.5, 0.6) is 0 Å². The van der Waals surface area contributed by atoms with Gasteiger partial charge in [0.2, 0.25) is 0 Å². The second-order valence-corrected chi connectivity index (χ2v) is 2.01. The summed E-state index contributed by atoms with van der Waals surface area (Å²) in [5.74, 6) is 0.574. The standard InChI is InChI=1S/C6H9F/c7-5-4-6-2-1-3-6/h4-6H,1-3H2/b5-4+. The van der Waals surface area contributed by atoms with Gasteiger partial charge < -0.3 is 0 Å². The van der Waals surface area contributed by atoms with Gasteiger partial charge in [0.1, 0.15) is 0 Å². The second-order valence-electron chi connectivity index (χ2n) is 2.01. The highest BCUT2D eigenvalue weighted by molar-refractivity contribution is 4.87. The summed E-state index contributed by atoms with van der Waals surface area (Å²) >= 11 is 0. The van der Waals surface area contributed by atoms with Crippen LogP contribution in [0.15, 0.2) is 12.4 Å². The predicted molar refractivity (Wildman–Crippen MR) is 27.6 cm³/mol. The molecule has 0 bridgehead atoms. The van der Waals surface area contributed by atoms with Crippen molar-refractivity contribution >= 4 is 0 Å². The Balaban J connectivity index is 2.14. The summed E-state index contributed by atoms with van der Waals surface area (Å²) in [6.07, 6.45) is 5.98. The van der Waals surface area contributed by atoms with E-state index in [-0.39, 0.29) is 0 Å². The molecule has 0 heterocycles. The van der Waals surface area contributed by atoms with Crippen LogP contribution < -0.4 is 0 Å². The molecule has 40 valence electrons. The minimum atomic E-state index is 0.574. The predicted octanol–water partition coefficient (Wildman–Crippen LogP) is 2.27. The maximum absolute atomic E-state index is 11.3. The molecule has 1 fully saturated rings. The fraction of sp³-hybridized carbons (Fsp3) is 0.667. The van der Waals surface area contributed by atoms with E-state index in [0.29, 0.717) is 12.2 Å². The van der Waals surface area contributed by atoms with Gasteiger partial charge in [-0.3, -0.25) is 0 Å². The van der Waals surface area contributed by atoms with E-state index in [1.807, 2.05) is 0 Å². The summed E-state index contributed by atoms with van der Waals surface area (Å²) in [6.45, 7) is 0. The van der Waals surface area contributed by atoms with Crippen molar-refractivity contribution in [3.8, 4) is 0 Å². The third-order valence-electron chi connectivity index (χ3n) is 1.49. The van der Waals surface area contributed by atoms with Crippen LogP contribution in [0.25, 0.3) is 0 Å². The molecule has 1 aliphatic carbocycles. The first-order chi connectivity index (χ1) is 3.43. The molecular formula is C6H9F. The Kier molecular flexibility index (Phi) is 1.45. The molecule has 1 rings (SSSR count). The Morgan fingerprint density at radius 2 is 2.14 bits per heavy atom. The lowest BCUT2D eigenvalue weighted by Gasteiger charge is -2.20. The lowest BCUT2D eigenvalue weighted by atomic mass is 9.86. The molecule has 0 nitrogen and oxygen atoms in total. The lowest BCUT2D eigenvalue weighted by molar-refractivity contribution is 0.384. The van der Waals surface area contributed by atoms with Gasteiger partial charge >= 0.3 is 0 Å². The maximum Gasteiger partial charge on any atom is 0.0829 e. The van der Waals surface area contributed by atoms with Gasteiger partial charge in [-0.25, -0.2) is 4.39 Å². The molecular weight excluding hydrogens is 91.1 g/mol. The minimum absolute atomic E-state index is 0.574.